The first kappa shape index (κ1) is 14.4. The van der Waals surface area contributed by atoms with E-state index in [1.165, 1.54) is 11.1 Å². The van der Waals surface area contributed by atoms with Crippen molar-refractivity contribution in [1.82, 2.24) is 14.9 Å². The van der Waals surface area contributed by atoms with Crippen LogP contribution in [0.4, 0.5) is 0 Å². The van der Waals surface area contributed by atoms with E-state index in [9.17, 15) is 0 Å². The van der Waals surface area contributed by atoms with Crippen molar-refractivity contribution in [3.05, 3.63) is 57.8 Å². The highest BCUT2D eigenvalue weighted by molar-refractivity contribution is 7.16. The number of aromatic nitrogens is 2. The number of hydrogen-bond donors (Lipinski definition) is 0. The Morgan fingerprint density at radius 1 is 1.19 bits per heavy atom. The van der Waals surface area contributed by atoms with Crippen LogP contribution in [0.25, 0.3) is 10.2 Å². The van der Waals surface area contributed by atoms with E-state index in [2.05, 4.69) is 53.1 Å². The molecule has 1 aromatic carbocycles. The zero-order valence-electron chi connectivity index (χ0n) is 12.0. The van der Waals surface area contributed by atoms with Gasteiger partial charge in [-0.2, -0.15) is 0 Å². The standard InChI is InChI=1S/C16H16ClN3S/c1-11-4-3-5-12(8-11)9-20(2)10-14-18-15(17)13-6-7-21-16(13)19-14/h3-8H,9-10H2,1-2H3. The third-order valence-electron chi connectivity index (χ3n) is 3.27. The van der Waals surface area contributed by atoms with Gasteiger partial charge in [0.2, 0.25) is 0 Å². The van der Waals surface area contributed by atoms with Crippen molar-refractivity contribution >= 4 is 33.2 Å². The summed E-state index contributed by atoms with van der Waals surface area (Å²) in [6, 6.07) is 10.5. The number of aryl methyl sites for hydroxylation is 1. The molecule has 0 amide bonds. The molecule has 0 aliphatic heterocycles. The topological polar surface area (TPSA) is 29.0 Å². The van der Waals surface area contributed by atoms with Crippen molar-refractivity contribution in [2.75, 3.05) is 7.05 Å². The zero-order chi connectivity index (χ0) is 14.8. The fourth-order valence-electron chi connectivity index (χ4n) is 2.35. The largest absolute Gasteiger partial charge is 0.295 e. The van der Waals surface area contributed by atoms with E-state index < -0.39 is 0 Å². The minimum atomic E-state index is 0.542. The Bertz CT molecular complexity index is 769. The monoisotopic (exact) mass is 317 g/mol. The smallest absolute Gasteiger partial charge is 0.145 e. The highest BCUT2D eigenvalue weighted by Crippen LogP contribution is 2.25. The average Bonchev–Trinajstić information content (AvgIpc) is 2.87. The molecule has 0 N–H and O–H groups in total. The summed E-state index contributed by atoms with van der Waals surface area (Å²) in [6.07, 6.45) is 0. The van der Waals surface area contributed by atoms with Crippen molar-refractivity contribution in [3.8, 4) is 0 Å². The van der Waals surface area contributed by atoms with Gasteiger partial charge >= 0.3 is 0 Å². The molecule has 108 valence electrons. The molecule has 3 nitrogen and oxygen atoms in total. The second-order valence-corrected chi connectivity index (χ2v) is 6.48. The SMILES string of the molecule is Cc1cccc(CN(C)Cc2nc(Cl)c3ccsc3n2)c1. The highest BCUT2D eigenvalue weighted by atomic mass is 35.5. The lowest BCUT2D eigenvalue weighted by Crippen LogP contribution is -2.19. The molecule has 2 heterocycles. The Labute approximate surface area is 133 Å². The Morgan fingerprint density at radius 3 is 2.86 bits per heavy atom. The molecule has 5 heteroatoms. The Balaban J connectivity index is 1.75. The van der Waals surface area contributed by atoms with Crippen molar-refractivity contribution in [1.29, 1.82) is 0 Å². The van der Waals surface area contributed by atoms with Crippen LogP contribution in [0.15, 0.2) is 35.7 Å². The minimum Gasteiger partial charge on any atom is -0.295 e. The summed E-state index contributed by atoms with van der Waals surface area (Å²) in [7, 11) is 2.07. The van der Waals surface area contributed by atoms with Crippen LogP contribution in [0.1, 0.15) is 17.0 Å². The minimum absolute atomic E-state index is 0.542. The van der Waals surface area contributed by atoms with Gasteiger partial charge < -0.3 is 0 Å². The Morgan fingerprint density at radius 2 is 2.05 bits per heavy atom. The number of thiophene rings is 1. The molecular formula is C16H16ClN3S. The predicted octanol–water partition coefficient (Wildman–Crippen LogP) is 4.29. The van der Waals surface area contributed by atoms with E-state index in [0.717, 1.165) is 22.6 Å². The molecule has 0 spiro atoms. The molecule has 0 aliphatic rings. The number of benzene rings is 1. The average molecular weight is 318 g/mol. The van der Waals surface area contributed by atoms with Crippen molar-refractivity contribution in [2.24, 2.45) is 0 Å². The summed E-state index contributed by atoms with van der Waals surface area (Å²) in [5.74, 6) is 0.769. The molecule has 0 fully saturated rings. The maximum absolute atomic E-state index is 6.21. The van der Waals surface area contributed by atoms with Crippen molar-refractivity contribution in [2.45, 2.75) is 20.0 Å². The van der Waals surface area contributed by atoms with Gasteiger partial charge in [-0.05, 0) is 31.0 Å². The maximum atomic E-state index is 6.21. The number of nitrogens with zero attached hydrogens (tertiary/aromatic N) is 3. The van der Waals surface area contributed by atoms with Gasteiger partial charge in [-0.25, -0.2) is 9.97 Å². The van der Waals surface area contributed by atoms with Crippen LogP contribution >= 0.6 is 22.9 Å². The fraction of sp³-hybridized carbons (Fsp3) is 0.250. The first-order chi connectivity index (χ1) is 10.1. The van der Waals surface area contributed by atoms with Gasteiger partial charge in [-0.15, -0.1) is 11.3 Å². The van der Waals surface area contributed by atoms with Gasteiger partial charge in [0.15, 0.2) is 0 Å². The maximum Gasteiger partial charge on any atom is 0.145 e. The number of fused-ring (bicyclic) bond motifs is 1. The number of hydrogen-bond acceptors (Lipinski definition) is 4. The molecule has 0 bridgehead atoms. The first-order valence-corrected chi connectivity index (χ1v) is 8.01. The quantitative estimate of drug-likeness (QED) is 0.672. The third kappa shape index (κ3) is 3.40. The lowest BCUT2D eigenvalue weighted by atomic mass is 10.1. The molecule has 21 heavy (non-hydrogen) atoms. The van der Waals surface area contributed by atoms with Crippen LogP contribution in [0.2, 0.25) is 5.15 Å². The van der Waals surface area contributed by atoms with Gasteiger partial charge in [0.05, 0.1) is 6.54 Å². The lowest BCUT2D eigenvalue weighted by Gasteiger charge is -2.16. The van der Waals surface area contributed by atoms with E-state index in [-0.39, 0.29) is 0 Å². The van der Waals surface area contributed by atoms with E-state index in [4.69, 9.17) is 11.6 Å². The second-order valence-electron chi connectivity index (χ2n) is 5.23. The van der Waals surface area contributed by atoms with Gasteiger partial charge in [-0.3, -0.25) is 4.90 Å². The van der Waals surface area contributed by atoms with Crippen LogP contribution in [0, 0.1) is 6.92 Å². The van der Waals surface area contributed by atoms with Crippen molar-refractivity contribution in [3.63, 3.8) is 0 Å². The van der Waals surface area contributed by atoms with E-state index >= 15 is 0 Å². The molecular weight excluding hydrogens is 302 g/mol. The Kier molecular flexibility index (Phi) is 4.19. The molecule has 0 atom stereocenters. The van der Waals surface area contributed by atoms with Gasteiger partial charge in [0, 0.05) is 11.9 Å². The van der Waals surface area contributed by atoms with E-state index in [1.54, 1.807) is 11.3 Å². The summed E-state index contributed by atoms with van der Waals surface area (Å²) < 4.78 is 0. The fourth-order valence-corrected chi connectivity index (χ4v) is 3.44. The summed E-state index contributed by atoms with van der Waals surface area (Å²) in [5, 5.41) is 3.47. The third-order valence-corrected chi connectivity index (χ3v) is 4.37. The van der Waals surface area contributed by atoms with Crippen LogP contribution in [0.5, 0.6) is 0 Å². The molecule has 0 radical (unpaired) electrons. The summed E-state index contributed by atoms with van der Waals surface area (Å²) in [5.41, 5.74) is 2.57. The summed E-state index contributed by atoms with van der Waals surface area (Å²) in [6.45, 7) is 3.66. The molecule has 3 aromatic rings. The first-order valence-electron chi connectivity index (χ1n) is 6.75. The number of rotatable bonds is 4. The van der Waals surface area contributed by atoms with Crippen LogP contribution in [0.3, 0.4) is 0 Å². The van der Waals surface area contributed by atoms with Gasteiger partial charge in [-0.1, -0.05) is 41.4 Å². The lowest BCUT2D eigenvalue weighted by molar-refractivity contribution is 0.311. The van der Waals surface area contributed by atoms with Crippen LogP contribution in [-0.4, -0.2) is 21.9 Å². The van der Waals surface area contributed by atoms with Crippen LogP contribution < -0.4 is 0 Å². The Hall–Kier alpha value is -1.49. The molecule has 0 unspecified atom stereocenters. The van der Waals surface area contributed by atoms with Crippen LogP contribution in [-0.2, 0) is 13.1 Å². The van der Waals surface area contributed by atoms with Crippen molar-refractivity contribution < 1.29 is 0 Å². The second kappa shape index (κ2) is 6.10. The molecule has 0 saturated heterocycles. The summed E-state index contributed by atoms with van der Waals surface area (Å²) >= 11 is 7.80. The predicted molar refractivity (Wildman–Crippen MR) is 88.8 cm³/mol. The number of halogens is 1. The van der Waals surface area contributed by atoms with E-state index in [1.807, 2.05) is 11.4 Å². The molecule has 2 aromatic heterocycles. The van der Waals surface area contributed by atoms with Gasteiger partial charge in [0.1, 0.15) is 15.8 Å². The molecule has 0 aliphatic carbocycles. The molecule has 3 rings (SSSR count). The normalized spacial score (nSPS) is 11.4. The van der Waals surface area contributed by atoms with E-state index in [0.29, 0.717) is 11.7 Å². The zero-order valence-corrected chi connectivity index (χ0v) is 13.6. The highest BCUT2D eigenvalue weighted by Gasteiger charge is 2.09. The molecule has 0 saturated carbocycles. The van der Waals surface area contributed by atoms with Gasteiger partial charge in [0.25, 0.3) is 0 Å². The summed E-state index contributed by atoms with van der Waals surface area (Å²) in [4.78, 5) is 12.1.